The Balaban J connectivity index is 1.66. The molecular weight excluding hydrogens is 326 g/mol. The maximum absolute atomic E-state index is 13.9. The van der Waals surface area contributed by atoms with Crippen LogP contribution in [-0.2, 0) is 22.7 Å². The molecule has 1 saturated carbocycles. The Morgan fingerprint density at radius 3 is 1.96 bits per heavy atom. The molecule has 3 atom stereocenters. The van der Waals surface area contributed by atoms with E-state index < -0.39 is 30.7 Å². The highest BCUT2D eigenvalue weighted by Gasteiger charge is 2.51. The fourth-order valence-electron chi connectivity index (χ4n) is 3.01. The third-order valence-corrected chi connectivity index (χ3v) is 4.46. The number of aliphatic hydroxyl groups is 1. The van der Waals surface area contributed by atoms with Gasteiger partial charge in [-0.25, -0.2) is 8.78 Å². The molecule has 2 aromatic carbocycles. The molecule has 5 heteroatoms. The van der Waals surface area contributed by atoms with Crippen molar-refractivity contribution in [3.8, 4) is 0 Å². The van der Waals surface area contributed by atoms with Crippen LogP contribution in [0.1, 0.15) is 24.0 Å². The van der Waals surface area contributed by atoms with Gasteiger partial charge >= 0.3 is 0 Å². The predicted octanol–water partition coefficient (Wildman–Crippen LogP) is 3.95. The first-order chi connectivity index (χ1) is 12.1. The lowest BCUT2D eigenvalue weighted by Crippen LogP contribution is -2.54. The summed E-state index contributed by atoms with van der Waals surface area (Å²) in [5.41, 5.74) is 1.82. The van der Waals surface area contributed by atoms with Crippen molar-refractivity contribution in [3.05, 3.63) is 71.8 Å². The Bertz CT molecular complexity index is 649. The van der Waals surface area contributed by atoms with Crippen LogP contribution in [0.5, 0.6) is 0 Å². The number of alkyl halides is 2. The second-order valence-electron chi connectivity index (χ2n) is 6.34. The minimum atomic E-state index is -3.16. The van der Waals surface area contributed by atoms with Crippen molar-refractivity contribution in [2.45, 2.75) is 50.3 Å². The lowest BCUT2D eigenvalue weighted by Gasteiger charge is -2.39. The number of aliphatic hydroxyl groups excluding tert-OH is 1. The monoisotopic (exact) mass is 348 g/mol. The van der Waals surface area contributed by atoms with Crippen LogP contribution in [0.25, 0.3) is 0 Å². The van der Waals surface area contributed by atoms with Gasteiger partial charge in [-0.2, -0.15) is 0 Å². The molecule has 1 aliphatic rings. The van der Waals surface area contributed by atoms with Gasteiger partial charge in [0.2, 0.25) is 0 Å². The third kappa shape index (κ3) is 4.63. The Hall–Kier alpha value is -1.82. The minimum absolute atomic E-state index is 0.149. The van der Waals surface area contributed by atoms with E-state index in [1.165, 1.54) is 0 Å². The van der Waals surface area contributed by atoms with Crippen molar-refractivity contribution in [1.82, 2.24) is 0 Å². The van der Waals surface area contributed by atoms with E-state index in [1.807, 2.05) is 60.7 Å². The van der Waals surface area contributed by atoms with E-state index in [4.69, 9.17) is 9.47 Å². The summed E-state index contributed by atoms with van der Waals surface area (Å²) < 4.78 is 39.3. The summed E-state index contributed by atoms with van der Waals surface area (Å²) in [6.45, 7) is 0.457. The summed E-state index contributed by atoms with van der Waals surface area (Å²) in [5, 5.41) is 10.1. The highest BCUT2D eigenvalue weighted by Crippen LogP contribution is 2.37. The third-order valence-electron chi connectivity index (χ3n) is 4.46. The molecule has 1 aliphatic carbocycles. The van der Waals surface area contributed by atoms with E-state index in [1.54, 1.807) is 0 Å². The topological polar surface area (TPSA) is 38.7 Å². The molecule has 0 unspecified atom stereocenters. The van der Waals surface area contributed by atoms with Gasteiger partial charge in [0.15, 0.2) is 0 Å². The predicted molar refractivity (Wildman–Crippen MR) is 90.2 cm³/mol. The van der Waals surface area contributed by atoms with Gasteiger partial charge in [0.1, 0.15) is 12.2 Å². The lowest BCUT2D eigenvalue weighted by molar-refractivity contribution is -0.233. The molecule has 0 saturated heterocycles. The lowest BCUT2D eigenvalue weighted by atomic mass is 9.88. The van der Waals surface area contributed by atoms with Crippen LogP contribution in [0.4, 0.5) is 8.78 Å². The fraction of sp³-hybridized carbons (Fsp3) is 0.400. The van der Waals surface area contributed by atoms with E-state index in [9.17, 15) is 13.9 Å². The average molecular weight is 348 g/mol. The molecule has 25 heavy (non-hydrogen) atoms. The maximum Gasteiger partial charge on any atom is 0.276 e. The van der Waals surface area contributed by atoms with E-state index in [0.29, 0.717) is 6.61 Å². The number of rotatable bonds is 6. The van der Waals surface area contributed by atoms with Gasteiger partial charge in [-0.1, -0.05) is 60.7 Å². The zero-order chi connectivity index (χ0) is 17.7. The number of hydrogen-bond acceptors (Lipinski definition) is 3. The SMILES string of the molecule is O[C@H]1[C@H](OCc2ccccc2)[C@@H](OCc2ccccc2)CCC1(F)F. The van der Waals surface area contributed by atoms with Crippen LogP contribution in [0.15, 0.2) is 60.7 Å². The molecular formula is C20H22F2O3. The summed E-state index contributed by atoms with van der Waals surface area (Å²) >= 11 is 0. The molecule has 1 N–H and O–H groups in total. The number of hydrogen-bond donors (Lipinski definition) is 1. The summed E-state index contributed by atoms with van der Waals surface area (Å²) in [6.07, 6.45) is -3.76. The molecule has 0 heterocycles. The Morgan fingerprint density at radius 2 is 1.40 bits per heavy atom. The molecule has 0 amide bonds. The summed E-state index contributed by atoms with van der Waals surface area (Å²) in [6, 6.07) is 18.8. The van der Waals surface area contributed by atoms with Crippen LogP contribution in [-0.4, -0.2) is 29.3 Å². The largest absolute Gasteiger partial charge is 0.384 e. The van der Waals surface area contributed by atoms with Gasteiger partial charge in [-0.05, 0) is 17.5 Å². The first-order valence-electron chi connectivity index (χ1n) is 8.43. The highest BCUT2D eigenvalue weighted by atomic mass is 19.3. The van der Waals surface area contributed by atoms with Gasteiger partial charge < -0.3 is 14.6 Å². The van der Waals surface area contributed by atoms with E-state index >= 15 is 0 Å². The van der Waals surface area contributed by atoms with Crippen molar-refractivity contribution in [2.75, 3.05) is 0 Å². The van der Waals surface area contributed by atoms with E-state index in [-0.39, 0.29) is 13.0 Å². The molecule has 0 radical (unpaired) electrons. The van der Waals surface area contributed by atoms with Gasteiger partial charge in [-0.3, -0.25) is 0 Å². The Kier molecular flexibility index (Phi) is 5.78. The molecule has 0 aromatic heterocycles. The second-order valence-corrected chi connectivity index (χ2v) is 6.34. The first-order valence-corrected chi connectivity index (χ1v) is 8.43. The summed E-state index contributed by atoms with van der Waals surface area (Å²) in [4.78, 5) is 0. The van der Waals surface area contributed by atoms with E-state index in [0.717, 1.165) is 11.1 Å². The summed E-state index contributed by atoms with van der Waals surface area (Å²) in [5.74, 6) is -3.16. The normalized spacial score (nSPS) is 25.6. The molecule has 2 aromatic rings. The van der Waals surface area contributed by atoms with Gasteiger partial charge in [0.25, 0.3) is 5.92 Å². The molecule has 0 bridgehead atoms. The van der Waals surface area contributed by atoms with Crippen LogP contribution in [0, 0.1) is 0 Å². The maximum atomic E-state index is 13.9. The summed E-state index contributed by atoms with van der Waals surface area (Å²) in [7, 11) is 0. The standard InChI is InChI=1S/C20H22F2O3/c21-20(22)12-11-17(24-13-15-7-3-1-4-8-15)18(19(20)23)25-14-16-9-5-2-6-10-16/h1-10,17-19,23H,11-14H2/t17-,18+,19-/m0/s1. The quantitative estimate of drug-likeness (QED) is 0.859. The van der Waals surface area contributed by atoms with Crippen LogP contribution < -0.4 is 0 Å². The highest BCUT2D eigenvalue weighted by molar-refractivity contribution is 5.14. The minimum Gasteiger partial charge on any atom is -0.384 e. The van der Waals surface area contributed by atoms with Crippen LogP contribution in [0.3, 0.4) is 0 Å². The molecule has 0 spiro atoms. The fourth-order valence-corrected chi connectivity index (χ4v) is 3.01. The van der Waals surface area contributed by atoms with Gasteiger partial charge in [0, 0.05) is 6.42 Å². The smallest absolute Gasteiger partial charge is 0.276 e. The van der Waals surface area contributed by atoms with Crippen molar-refractivity contribution < 1.29 is 23.4 Å². The van der Waals surface area contributed by atoms with Crippen LogP contribution >= 0.6 is 0 Å². The molecule has 0 aliphatic heterocycles. The van der Waals surface area contributed by atoms with E-state index in [2.05, 4.69) is 0 Å². The van der Waals surface area contributed by atoms with Crippen LogP contribution in [0.2, 0.25) is 0 Å². The molecule has 3 nitrogen and oxygen atoms in total. The molecule has 1 fully saturated rings. The first kappa shape index (κ1) is 18.0. The van der Waals surface area contributed by atoms with Gasteiger partial charge in [-0.15, -0.1) is 0 Å². The van der Waals surface area contributed by atoms with Crippen molar-refractivity contribution in [2.24, 2.45) is 0 Å². The van der Waals surface area contributed by atoms with Crippen molar-refractivity contribution in [3.63, 3.8) is 0 Å². The van der Waals surface area contributed by atoms with Crippen molar-refractivity contribution in [1.29, 1.82) is 0 Å². The number of halogens is 2. The zero-order valence-corrected chi connectivity index (χ0v) is 13.9. The zero-order valence-electron chi connectivity index (χ0n) is 13.9. The number of benzene rings is 2. The molecule has 134 valence electrons. The van der Waals surface area contributed by atoms with Gasteiger partial charge in [0.05, 0.1) is 19.3 Å². The Morgan fingerprint density at radius 1 is 0.880 bits per heavy atom. The molecule has 3 rings (SSSR count). The van der Waals surface area contributed by atoms with Crippen molar-refractivity contribution >= 4 is 0 Å². The average Bonchev–Trinajstić information content (AvgIpc) is 2.64. The second kappa shape index (κ2) is 8.04. The Labute approximate surface area is 146 Å². The number of ether oxygens (including phenoxy) is 2.